The van der Waals surface area contributed by atoms with E-state index in [-0.39, 0.29) is 11.6 Å². The van der Waals surface area contributed by atoms with Crippen LogP contribution in [-0.2, 0) is 0 Å². The van der Waals surface area contributed by atoms with Gasteiger partial charge in [0.15, 0.2) is 0 Å². The van der Waals surface area contributed by atoms with Gasteiger partial charge >= 0.3 is 0 Å². The van der Waals surface area contributed by atoms with E-state index < -0.39 is 11.6 Å². The minimum Gasteiger partial charge on any atom is -0.330 e. The molecule has 2 atom stereocenters. The van der Waals surface area contributed by atoms with Crippen LogP contribution in [0.1, 0.15) is 18.0 Å². The molecule has 1 heterocycles. The number of hydrogen-bond donors (Lipinski definition) is 1. The van der Waals surface area contributed by atoms with Crippen molar-refractivity contribution in [1.29, 1.82) is 0 Å². The van der Waals surface area contributed by atoms with Crippen LogP contribution in [0.5, 0.6) is 0 Å². The van der Waals surface area contributed by atoms with Crippen molar-refractivity contribution >= 4 is 11.8 Å². The third kappa shape index (κ3) is 2.39. The van der Waals surface area contributed by atoms with Gasteiger partial charge in [0.1, 0.15) is 11.6 Å². The van der Waals surface area contributed by atoms with Gasteiger partial charge < -0.3 is 5.73 Å². The van der Waals surface area contributed by atoms with E-state index in [1.807, 2.05) is 11.9 Å². The van der Waals surface area contributed by atoms with Crippen molar-refractivity contribution in [2.75, 3.05) is 26.4 Å². The highest BCUT2D eigenvalue weighted by molar-refractivity contribution is 7.98. The molecule has 0 aromatic heterocycles. The molecule has 0 aliphatic carbocycles. The van der Waals surface area contributed by atoms with Crippen molar-refractivity contribution in [2.45, 2.75) is 17.4 Å². The standard InChI is InChI=1S/C13H18F2N2S/c1-17-7-8(6-16)5-10(17)12-9(14)3-4-11(18-2)13(12)15/h3-4,8,10H,5-7,16H2,1-2H3. The van der Waals surface area contributed by atoms with Gasteiger partial charge in [-0.3, -0.25) is 4.90 Å². The zero-order valence-electron chi connectivity index (χ0n) is 10.6. The van der Waals surface area contributed by atoms with Crippen molar-refractivity contribution in [3.63, 3.8) is 0 Å². The molecule has 0 bridgehead atoms. The molecular formula is C13H18F2N2S. The average Bonchev–Trinajstić information content (AvgIpc) is 2.71. The van der Waals surface area contributed by atoms with Gasteiger partial charge in [0.05, 0.1) is 0 Å². The predicted molar refractivity (Wildman–Crippen MR) is 70.7 cm³/mol. The lowest BCUT2D eigenvalue weighted by Gasteiger charge is -2.21. The van der Waals surface area contributed by atoms with E-state index in [2.05, 4.69) is 0 Å². The van der Waals surface area contributed by atoms with Gasteiger partial charge in [-0.2, -0.15) is 0 Å². The lowest BCUT2D eigenvalue weighted by molar-refractivity contribution is 0.297. The smallest absolute Gasteiger partial charge is 0.144 e. The first kappa shape index (κ1) is 13.8. The van der Waals surface area contributed by atoms with Crippen molar-refractivity contribution in [2.24, 2.45) is 11.7 Å². The zero-order chi connectivity index (χ0) is 13.3. The first-order valence-corrected chi connectivity index (χ1v) is 7.23. The minimum atomic E-state index is -0.458. The fraction of sp³-hybridized carbons (Fsp3) is 0.538. The molecule has 18 heavy (non-hydrogen) atoms. The number of hydrogen-bond acceptors (Lipinski definition) is 3. The first-order valence-electron chi connectivity index (χ1n) is 6.00. The average molecular weight is 272 g/mol. The maximum absolute atomic E-state index is 14.3. The summed E-state index contributed by atoms with van der Waals surface area (Å²) < 4.78 is 28.2. The van der Waals surface area contributed by atoms with E-state index in [1.165, 1.54) is 23.9 Å². The molecule has 1 saturated heterocycles. The number of nitrogens with zero attached hydrogens (tertiary/aromatic N) is 1. The summed E-state index contributed by atoms with van der Waals surface area (Å²) in [7, 11) is 1.89. The molecule has 1 aliphatic heterocycles. The highest BCUT2D eigenvalue weighted by atomic mass is 32.2. The second-order valence-electron chi connectivity index (χ2n) is 4.77. The van der Waals surface area contributed by atoms with Crippen LogP contribution in [0.4, 0.5) is 8.78 Å². The van der Waals surface area contributed by atoms with E-state index >= 15 is 0 Å². The molecule has 0 radical (unpaired) electrons. The Morgan fingerprint density at radius 2 is 2.17 bits per heavy atom. The summed E-state index contributed by atoms with van der Waals surface area (Å²) in [6.07, 6.45) is 2.51. The number of nitrogens with two attached hydrogens (primary N) is 1. The van der Waals surface area contributed by atoms with Crippen LogP contribution in [-0.4, -0.2) is 31.3 Å². The van der Waals surface area contributed by atoms with Crippen LogP contribution in [0.3, 0.4) is 0 Å². The third-order valence-electron chi connectivity index (χ3n) is 3.61. The summed E-state index contributed by atoms with van der Waals surface area (Å²) in [6.45, 7) is 1.36. The lowest BCUT2D eigenvalue weighted by atomic mass is 9.99. The van der Waals surface area contributed by atoms with Gasteiger partial charge in [-0.15, -0.1) is 11.8 Å². The van der Waals surface area contributed by atoms with Crippen LogP contribution in [0.25, 0.3) is 0 Å². The Balaban J connectivity index is 2.38. The van der Waals surface area contributed by atoms with E-state index in [4.69, 9.17) is 5.73 Å². The fourth-order valence-electron chi connectivity index (χ4n) is 2.63. The molecule has 5 heteroatoms. The summed E-state index contributed by atoms with van der Waals surface area (Å²) in [5.41, 5.74) is 5.84. The summed E-state index contributed by atoms with van der Waals surface area (Å²) >= 11 is 1.30. The summed E-state index contributed by atoms with van der Waals surface area (Å²) in [4.78, 5) is 2.49. The highest BCUT2D eigenvalue weighted by Gasteiger charge is 2.33. The number of halogens is 2. The lowest BCUT2D eigenvalue weighted by Crippen LogP contribution is -2.21. The summed E-state index contributed by atoms with van der Waals surface area (Å²) in [5.74, 6) is -0.562. The summed E-state index contributed by atoms with van der Waals surface area (Å²) in [6, 6.07) is 2.65. The van der Waals surface area contributed by atoms with Gasteiger partial charge in [0.25, 0.3) is 0 Å². The van der Waals surface area contributed by atoms with Crippen LogP contribution in [0.2, 0.25) is 0 Å². The molecule has 1 aromatic carbocycles. The molecule has 1 aromatic rings. The molecule has 1 aliphatic rings. The van der Waals surface area contributed by atoms with Crippen molar-refractivity contribution in [1.82, 2.24) is 4.90 Å². The molecule has 0 spiro atoms. The second kappa shape index (κ2) is 5.55. The Morgan fingerprint density at radius 1 is 1.44 bits per heavy atom. The Bertz CT molecular complexity index is 439. The molecular weight excluding hydrogens is 254 g/mol. The third-order valence-corrected chi connectivity index (χ3v) is 4.37. The Labute approximate surface area is 111 Å². The van der Waals surface area contributed by atoms with Gasteiger partial charge in [0, 0.05) is 23.0 Å². The number of benzene rings is 1. The van der Waals surface area contributed by atoms with E-state index in [9.17, 15) is 8.78 Å². The second-order valence-corrected chi connectivity index (χ2v) is 5.62. The zero-order valence-corrected chi connectivity index (χ0v) is 11.4. The molecule has 0 saturated carbocycles. The normalized spacial score (nSPS) is 24.7. The maximum atomic E-state index is 14.3. The molecule has 2 unspecified atom stereocenters. The number of rotatable bonds is 3. The summed E-state index contributed by atoms with van der Waals surface area (Å²) in [5, 5.41) is 0. The Kier molecular flexibility index (Phi) is 4.25. The van der Waals surface area contributed by atoms with Crippen LogP contribution in [0.15, 0.2) is 17.0 Å². The molecule has 0 amide bonds. The largest absolute Gasteiger partial charge is 0.330 e. The number of thioether (sulfide) groups is 1. The van der Waals surface area contributed by atoms with Gasteiger partial charge in [-0.25, -0.2) is 8.78 Å². The highest BCUT2D eigenvalue weighted by Crippen LogP contribution is 2.38. The number of likely N-dealkylation sites (tertiary alicyclic amines) is 1. The SMILES string of the molecule is CSc1ccc(F)c(C2CC(CN)CN2C)c1F. The topological polar surface area (TPSA) is 29.3 Å². The quantitative estimate of drug-likeness (QED) is 0.858. The van der Waals surface area contributed by atoms with Crippen molar-refractivity contribution < 1.29 is 8.78 Å². The van der Waals surface area contributed by atoms with Crippen LogP contribution >= 0.6 is 11.8 Å². The van der Waals surface area contributed by atoms with Crippen LogP contribution < -0.4 is 5.73 Å². The van der Waals surface area contributed by atoms with Gasteiger partial charge in [-0.05, 0) is 44.3 Å². The van der Waals surface area contributed by atoms with E-state index in [0.29, 0.717) is 17.4 Å². The van der Waals surface area contributed by atoms with Gasteiger partial charge in [0.2, 0.25) is 0 Å². The van der Waals surface area contributed by atoms with Gasteiger partial charge in [-0.1, -0.05) is 0 Å². The Morgan fingerprint density at radius 3 is 2.72 bits per heavy atom. The van der Waals surface area contributed by atoms with E-state index in [1.54, 1.807) is 6.26 Å². The monoisotopic (exact) mass is 272 g/mol. The predicted octanol–water partition coefficient (Wildman–Crippen LogP) is 2.64. The molecule has 1 fully saturated rings. The fourth-order valence-corrected chi connectivity index (χ4v) is 3.12. The van der Waals surface area contributed by atoms with Crippen LogP contribution in [0, 0.1) is 17.6 Å². The maximum Gasteiger partial charge on any atom is 0.144 e. The van der Waals surface area contributed by atoms with E-state index in [0.717, 1.165) is 13.0 Å². The molecule has 2 N–H and O–H groups in total. The molecule has 2 rings (SSSR count). The minimum absolute atomic E-state index is 0.195. The van der Waals surface area contributed by atoms with Crippen molar-refractivity contribution in [3.8, 4) is 0 Å². The Hall–Kier alpha value is -0.650. The first-order chi connectivity index (χ1) is 8.58. The molecule has 2 nitrogen and oxygen atoms in total. The van der Waals surface area contributed by atoms with Crippen molar-refractivity contribution in [3.05, 3.63) is 29.3 Å². The molecule has 100 valence electrons.